The largest absolute Gasteiger partial charge is 0.508 e. The summed E-state index contributed by atoms with van der Waals surface area (Å²) in [7, 11) is -4.57. The summed E-state index contributed by atoms with van der Waals surface area (Å²) in [6, 6.07) is 4.33. The molecule has 0 aliphatic heterocycles. The van der Waals surface area contributed by atoms with E-state index in [4.69, 9.17) is 16.7 Å². The van der Waals surface area contributed by atoms with Gasteiger partial charge in [0.15, 0.2) is 5.82 Å². The summed E-state index contributed by atoms with van der Waals surface area (Å²) < 4.78 is 77.7. The van der Waals surface area contributed by atoms with Crippen molar-refractivity contribution in [2.24, 2.45) is 0 Å². The second kappa shape index (κ2) is 5.89. The highest BCUT2D eigenvalue weighted by Crippen LogP contribution is 2.34. The van der Waals surface area contributed by atoms with Gasteiger partial charge in [-0.15, -0.1) is 0 Å². The van der Waals surface area contributed by atoms with Crippen molar-refractivity contribution >= 4 is 27.3 Å². The third-order valence-corrected chi connectivity index (χ3v) is 4.59. The molecular formula is C13H8ClF4NO3S. The van der Waals surface area contributed by atoms with E-state index in [1.165, 1.54) is 0 Å². The lowest BCUT2D eigenvalue weighted by molar-refractivity contribution is -0.137. The zero-order valence-corrected chi connectivity index (χ0v) is 12.6. The second-order valence-corrected chi connectivity index (χ2v) is 6.47. The molecular weight excluding hydrogens is 362 g/mol. The van der Waals surface area contributed by atoms with E-state index in [1.807, 2.05) is 0 Å². The maximum Gasteiger partial charge on any atom is 0.416 e. The smallest absolute Gasteiger partial charge is 0.416 e. The Labute approximate surface area is 133 Å². The van der Waals surface area contributed by atoms with Crippen LogP contribution >= 0.6 is 11.6 Å². The molecule has 0 aliphatic carbocycles. The summed E-state index contributed by atoms with van der Waals surface area (Å²) in [4.78, 5) is -0.846. The van der Waals surface area contributed by atoms with Crippen molar-refractivity contribution in [3.8, 4) is 5.75 Å². The zero-order chi connectivity index (χ0) is 17.4. The van der Waals surface area contributed by atoms with Gasteiger partial charge in [-0.05, 0) is 30.3 Å². The highest BCUT2D eigenvalue weighted by Gasteiger charge is 2.33. The lowest BCUT2D eigenvalue weighted by Gasteiger charge is -2.13. The zero-order valence-electron chi connectivity index (χ0n) is 11.0. The van der Waals surface area contributed by atoms with E-state index in [0.717, 1.165) is 18.2 Å². The summed E-state index contributed by atoms with van der Waals surface area (Å²) in [6.45, 7) is 0. The molecule has 0 unspecified atom stereocenters. The van der Waals surface area contributed by atoms with Crippen LogP contribution in [-0.4, -0.2) is 13.5 Å². The molecule has 0 amide bonds. The number of halogens is 5. The van der Waals surface area contributed by atoms with Gasteiger partial charge in [-0.25, -0.2) is 12.8 Å². The van der Waals surface area contributed by atoms with E-state index in [1.54, 1.807) is 4.72 Å². The first kappa shape index (κ1) is 17.4. The molecule has 0 aliphatic rings. The number of sulfonamides is 1. The normalized spacial score (nSPS) is 12.2. The Kier molecular flexibility index (Phi) is 4.45. The number of rotatable bonds is 3. The van der Waals surface area contributed by atoms with Gasteiger partial charge in [0, 0.05) is 6.07 Å². The van der Waals surface area contributed by atoms with E-state index in [-0.39, 0.29) is 0 Å². The Balaban J connectivity index is 2.47. The van der Waals surface area contributed by atoms with Gasteiger partial charge in [0.2, 0.25) is 0 Å². The van der Waals surface area contributed by atoms with Crippen molar-refractivity contribution in [3.05, 3.63) is 52.8 Å². The maximum atomic E-state index is 13.6. The summed E-state index contributed by atoms with van der Waals surface area (Å²) in [6.07, 6.45) is -4.77. The van der Waals surface area contributed by atoms with Gasteiger partial charge < -0.3 is 5.11 Å². The molecule has 0 heterocycles. The molecule has 0 saturated heterocycles. The fraction of sp³-hybridized carbons (Fsp3) is 0.0769. The number of hydrogen-bond donors (Lipinski definition) is 2. The van der Waals surface area contributed by atoms with Crippen molar-refractivity contribution in [1.29, 1.82) is 0 Å². The lowest BCUT2D eigenvalue weighted by Crippen LogP contribution is -2.16. The van der Waals surface area contributed by atoms with Crippen molar-refractivity contribution in [2.75, 3.05) is 4.72 Å². The van der Waals surface area contributed by atoms with E-state index < -0.39 is 48.9 Å². The Bertz CT molecular complexity index is 853. The third kappa shape index (κ3) is 3.85. The Morgan fingerprint density at radius 3 is 2.30 bits per heavy atom. The summed E-state index contributed by atoms with van der Waals surface area (Å²) in [5, 5.41) is 8.61. The highest BCUT2D eigenvalue weighted by molar-refractivity contribution is 7.92. The molecule has 0 aromatic heterocycles. The minimum atomic E-state index is -4.77. The molecule has 2 N–H and O–H groups in total. The van der Waals surface area contributed by atoms with Gasteiger partial charge in [0.05, 0.1) is 16.3 Å². The van der Waals surface area contributed by atoms with Gasteiger partial charge in [-0.1, -0.05) is 11.6 Å². The van der Waals surface area contributed by atoms with Crippen LogP contribution in [0, 0.1) is 5.82 Å². The van der Waals surface area contributed by atoms with Crippen molar-refractivity contribution < 1.29 is 31.1 Å². The van der Waals surface area contributed by atoms with Crippen LogP contribution < -0.4 is 4.72 Å². The number of anilines is 1. The van der Waals surface area contributed by atoms with Crippen molar-refractivity contribution in [3.63, 3.8) is 0 Å². The first-order valence-corrected chi connectivity index (χ1v) is 7.75. The molecule has 0 saturated carbocycles. The topological polar surface area (TPSA) is 66.4 Å². The van der Waals surface area contributed by atoms with Gasteiger partial charge >= 0.3 is 6.18 Å². The number of alkyl halides is 3. The summed E-state index contributed by atoms with van der Waals surface area (Å²) in [5.74, 6) is -1.54. The third-order valence-electron chi connectivity index (χ3n) is 2.75. The number of phenolic OH excluding ortho intramolecular Hbond substituents is 1. The lowest BCUT2D eigenvalue weighted by atomic mass is 10.2. The first-order valence-electron chi connectivity index (χ1n) is 5.89. The molecule has 0 fully saturated rings. The van der Waals surface area contributed by atoms with Crippen LogP contribution in [0.25, 0.3) is 0 Å². The van der Waals surface area contributed by atoms with E-state index in [2.05, 4.69) is 0 Å². The van der Waals surface area contributed by atoms with Gasteiger partial charge in [0.1, 0.15) is 10.6 Å². The quantitative estimate of drug-likeness (QED) is 0.634. The van der Waals surface area contributed by atoms with Crippen LogP contribution in [0.3, 0.4) is 0 Å². The molecule has 4 nitrogen and oxygen atoms in total. The second-order valence-electron chi connectivity index (χ2n) is 4.41. The van der Waals surface area contributed by atoms with Crippen LogP contribution in [-0.2, 0) is 16.2 Å². The molecule has 0 radical (unpaired) electrons. The number of nitrogens with one attached hydrogen (secondary N) is 1. The van der Waals surface area contributed by atoms with Gasteiger partial charge in [-0.2, -0.15) is 13.2 Å². The van der Waals surface area contributed by atoms with Crippen LogP contribution in [0.1, 0.15) is 5.56 Å². The Morgan fingerprint density at radius 1 is 1.09 bits per heavy atom. The van der Waals surface area contributed by atoms with Crippen LogP contribution in [0.15, 0.2) is 41.3 Å². The molecule has 2 aromatic rings. The molecule has 2 aromatic carbocycles. The molecule has 124 valence electrons. The number of aromatic hydroxyl groups is 1. The van der Waals surface area contributed by atoms with Crippen LogP contribution in [0.4, 0.5) is 23.2 Å². The summed E-state index contributed by atoms with van der Waals surface area (Å²) >= 11 is 5.64. The van der Waals surface area contributed by atoms with Crippen molar-refractivity contribution in [1.82, 2.24) is 0 Å². The average Bonchev–Trinajstić information content (AvgIpc) is 2.41. The van der Waals surface area contributed by atoms with E-state index in [9.17, 15) is 26.0 Å². The fourth-order valence-corrected chi connectivity index (χ4v) is 3.27. The molecule has 2 rings (SSSR count). The van der Waals surface area contributed by atoms with Crippen LogP contribution in [0.5, 0.6) is 5.75 Å². The summed E-state index contributed by atoms with van der Waals surface area (Å²) in [5.41, 5.74) is -1.76. The standard InChI is InChI=1S/C13H8ClF4NO3S/c14-9-3-1-7(13(16,17)18)5-12(9)23(21,22)19-11-4-2-8(20)6-10(11)15/h1-6,19-20H. The van der Waals surface area contributed by atoms with E-state index in [0.29, 0.717) is 18.2 Å². The molecule has 0 atom stereocenters. The Hall–Kier alpha value is -2.00. The maximum absolute atomic E-state index is 13.6. The highest BCUT2D eigenvalue weighted by atomic mass is 35.5. The Morgan fingerprint density at radius 2 is 1.74 bits per heavy atom. The number of hydrogen-bond acceptors (Lipinski definition) is 3. The first-order chi connectivity index (χ1) is 10.5. The molecule has 0 bridgehead atoms. The average molecular weight is 370 g/mol. The predicted molar refractivity (Wildman–Crippen MR) is 75.3 cm³/mol. The number of benzene rings is 2. The molecule has 10 heteroatoms. The van der Waals surface area contributed by atoms with Crippen molar-refractivity contribution in [2.45, 2.75) is 11.1 Å². The SMILES string of the molecule is O=S(=O)(Nc1ccc(O)cc1F)c1cc(C(F)(F)F)ccc1Cl. The van der Waals surface area contributed by atoms with Gasteiger partial charge in [0.25, 0.3) is 10.0 Å². The van der Waals surface area contributed by atoms with E-state index >= 15 is 0 Å². The monoisotopic (exact) mass is 369 g/mol. The molecule has 0 spiro atoms. The fourth-order valence-electron chi connectivity index (χ4n) is 1.67. The number of phenols is 1. The minimum Gasteiger partial charge on any atom is -0.508 e. The van der Waals surface area contributed by atoms with Crippen LogP contribution in [0.2, 0.25) is 5.02 Å². The molecule has 23 heavy (non-hydrogen) atoms. The van der Waals surface area contributed by atoms with Gasteiger partial charge in [-0.3, -0.25) is 4.72 Å². The predicted octanol–water partition coefficient (Wildman–Crippen LogP) is 4.00. The minimum absolute atomic E-state index is 0.350.